The SMILES string of the molecule is CCCCCCCC1CC[C@@H]2C[C@H](c3ccc(-c4ccc(CCC)cc4)cc3)CC[C@@H]2C1. The zero-order chi connectivity index (χ0) is 22.2. The zero-order valence-corrected chi connectivity index (χ0v) is 20.8. The van der Waals surface area contributed by atoms with E-state index in [1.165, 1.54) is 107 Å². The molecular weight excluding hydrogens is 384 g/mol. The quantitative estimate of drug-likeness (QED) is 0.329. The van der Waals surface area contributed by atoms with E-state index in [9.17, 15) is 0 Å². The van der Waals surface area contributed by atoms with E-state index in [1.807, 2.05) is 0 Å². The van der Waals surface area contributed by atoms with E-state index in [-0.39, 0.29) is 0 Å². The predicted molar refractivity (Wildman–Crippen MR) is 140 cm³/mol. The average Bonchev–Trinajstić information content (AvgIpc) is 2.84. The first-order valence-corrected chi connectivity index (χ1v) is 14.0. The summed E-state index contributed by atoms with van der Waals surface area (Å²) in [7, 11) is 0. The van der Waals surface area contributed by atoms with Gasteiger partial charge in [0.15, 0.2) is 0 Å². The van der Waals surface area contributed by atoms with Gasteiger partial charge in [-0.25, -0.2) is 0 Å². The van der Waals surface area contributed by atoms with Crippen molar-refractivity contribution < 1.29 is 0 Å². The van der Waals surface area contributed by atoms with Crippen LogP contribution in [0.2, 0.25) is 0 Å². The van der Waals surface area contributed by atoms with Crippen LogP contribution in [-0.4, -0.2) is 0 Å². The van der Waals surface area contributed by atoms with E-state index in [2.05, 4.69) is 62.4 Å². The van der Waals surface area contributed by atoms with Gasteiger partial charge in [-0.3, -0.25) is 0 Å². The summed E-state index contributed by atoms with van der Waals surface area (Å²) < 4.78 is 0. The molecule has 0 bridgehead atoms. The van der Waals surface area contributed by atoms with Crippen LogP contribution in [0.4, 0.5) is 0 Å². The van der Waals surface area contributed by atoms with Crippen molar-refractivity contribution in [3.63, 3.8) is 0 Å². The molecule has 0 N–H and O–H groups in total. The predicted octanol–water partition coefficient (Wildman–Crippen LogP) is 9.97. The van der Waals surface area contributed by atoms with Crippen molar-refractivity contribution in [3.8, 4) is 11.1 Å². The fourth-order valence-corrected chi connectivity index (χ4v) is 6.69. The monoisotopic (exact) mass is 430 g/mol. The van der Waals surface area contributed by atoms with E-state index in [4.69, 9.17) is 0 Å². The second-order valence-electron chi connectivity index (χ2n) is 11.0. The normalized spacial score (nSPS) is 25.4. The van der Waals surface area contributed by atoms with Crippen LogP contribution in [0.25, 0.3) is 11.1 Å². The first kappa shape index (κ1) is 23.6. The third kappa shape index (κ3) is 6.27. The minimum atomic E-state index is 0.794. The molecule has 1 unspecified atom stereocenters. The summed E-state index contributed by atoms with van der Waals surface area (Å²) in [5.74, 6) is 3.86. The van der Waals surface area contributed by atoms with Crippen LogP contribution in [0.1, 0.15) is 114 Å². The summed E-state index contributed by atoms with van der Waals surface area (Å²) >= 11 is 0. The van der Waals surface area contributed by atoms with Crippen molar-refractivity contribution >= 4 is 0 Å². The lowest BCUT2D eigenvalue weighted by atomic mass is 9.63. The largest absolute Gasteiger partial charge is 0.0654 e. The van der Waals surface area contributed by atoms with Gasteiger partial charge in [-0.2, -0.15) is 0 Å². The summed E-state index contributed by atoms with van der Waals surface area (Å²) in [5, 5.41) is 0. The Kier molecular flexibility index (Phi) is 8.89. The average molecular weight is 431 g/mol. The maximum absolute atomic E-state index is 2.43. The van der Waals surface area contributed by atoms with Crippen LogP contribution in [-0.2, 0) is 6.42 Å². The van der Waals surface area contributed by atoms with Crippen molar-refractivity contribution in [1.29, 1.82) is 0 Å². The van der Waals surface area contributed by atoms with Gasteiger partial charge in [-0.1, -0.05) is 114 Å². The molecular formula is C32H46. The lowest BCUT2D eigenvalue weighted by Gasteiger charge is -2.42. The van der Waals surface area contributed by atoms with Gasteiger partial charge in [0.1, 0.15) is 0 Å². The number of hydrogen-bond acceptors (Lipinski definition) is 0. The van der Waals surface area contributed by atoms with Gasteiger partial charge in [-0.05, 0) is 84.5 Å². The molecule has 0 heteroatoms. The van der Waals surface area contributed by atoms with Gasteiger partial charge < -0.3 is 0 Å². The van der Waals surface area contributed by atoms with Crippen LogP contribution < -0.4 is 0 Å². The smallest absolute Gasteiger partial charge is 0.0159 e. The van der Waals surface area contributed by atoms with Gasteiger partial charge in [0.2, 0.25) is 0 Å². The Morgan fingerprint density at radius 2 is 1.28 bits per heavy atom. The molecule has 2 aliphatic carbocycles. The third-order valence-corrected chi connectivity index (χ3v) is 8.65. The van der Waals surface area contributed by atoms with Gasteiger partial charge in [0.05, 0.1) is 0 Å². The molecule has 2 saturated carbocycles. The first-order chi connectivity index (χ1) is 15.8. The lowest BCUT2D eigenvalue weighted by Crippen LogP contribution is -2.30. The molecule has 4 rings (SSSR count). The molecule has 0 nitrogen and oxygen atoms in total. The van der Waals surface area contributed by atoms with Gasteiger partial charge in [0.25, 0.3) is 0 Å². The van der Waals surface area contributed by atoms with Gasteiger partial charge in [-0.15, -0.1) is 0 Å². The number of unbranched alkanes of at least 4 members (excludes halogenated alkanes) is 4. The highest BCUT2D eigenvalue weighted by atomic mass is 14.4. The zero-order valence-electron chi connectivity index (χ0n) is 20.8. The molecule has 0 heterocycles. The lowest BCUT2D eigenvalue weighted by molar-refractivity contribution is 0.113. The van der Waals surface area contributed by atoms with E-state index < -0.39 is 0 Å². The summed E-state index contributed by atoms with van der Waals surface area (Å²) in [4.78, 5) is 0. The Morgan fingerprint density at radius 1 is 0.625 bits per heavy atom. The molecule has 0 spiro atoms. The van der Waals surface area contributed by atoms with Crippen LogP contribution in [0.3, 0.4) is 0 Å². The van der Waals surface area contributed by atoms with Crippen LogP contribution >= 0.6 is 0 Å². The minimum Gasteiger partial charge on any atom is -0.0654 e. The highest BCUT2D eigenvalue weighted by molar-refractivity contribution is 5.64. The number of aryl methyl sites for hydroxylation is 1. The fraction of sp³-hybridized carbons (Fsp3) is 0.625. The molecule has 0 amide bonds. The molecule has 2 fully saturated rings. The highest BCUT2D eigenvalue weighted by Gasteiger charge is 2.35. The Balaban J connectivity index is 1.27. The molecule has 0 radical (unpaired) electrons. The third-order valence-electron chi connectivity index (χ3n) is 8.65. The van der Waals surface area contributed by atoms with E-state index >= 15 is 0 Å². The van der Waals surface area contributed by atoms with Crippen molar-refractivity contribution in [1.82, 2.24) is 0 Å². The van der Waals surface area contributed by atoms with Crippen LogP contribution in [0.5, 0.6) is 0 Å². The second-order valence-corrected chi connectivity index (χ2v) is 11.0. The Bertz CT molecular complexity index is 784. The number of fused-ring (bicyclic) bond motifs is 1. The molecule has 174 valence electrons. The van der Waals surface area contributed by atoms with Crippen molar-refractivity contribution in [2.75, 3.05) is 0 Å². The Morgan fingerprint density at radius 3 is 2.00 bits per heavy atom. The summed E-state index contributed by atoms with van der Waals surface area (Å²) in [6.45, 7) is 4.57. The molecule has 0 aromatic heterocycles. The molecule has 2 aromatic rings. The molecule has 0 saturated heterocycles. The van der Waals surface area contributed by atoms with E-state index in [0.717, 1.165) is 23.7 Å². The standard InChI is InChI=1S/C32H46/c1-3-5-6-7-8-10-26-13-16-32-24-31(22-21-30(32)23-26)29-19-17-28(18-20-29)27-14-11-25(9-4-2)12-15-27/h11-12,14-15,17-20,26,30-32H,3-10,13,16,21-24H2,1-2H3/t26?,30-,31-,32-/m1/s1. The number of rotatable bonds is 10. The topological polar surface area (TPSA) is 0 Å². The number of benzene rings is 2. The fourth-order valence-electron chi connectivity index (χ4n) is 6.69. The molecule has 0 aliphatic heterocycles. The maximum atomic E-state index is 2.43. The molecule has 2 aliphatic rings. The van der Waals surface area contributed by atoms with E-state index in [1.54, 1.807) is 5.56 Å². The summed E-state index contributed by atoms with van der Waals surface area (Å²) in [6, 6.07) is 18.8. The summed E-state index contributed by atoms with van der Waals surface area (Å²) in [5.41, 5.74) is 5.77. The minimum absolute atomic E-state index is 0.794. The molecule has 2 aromatic carbocycles. The Labute approximate surface area is 198 Å². The summed E-state index contributed by atoms with van der Waals surface area (Å²) in [6.07, 6.45) is 20.0. The maximum Gasteiger partial charge on any atom is -0.0159 e. The highest BCUT2D eigenvalue weighted by Crippen LogP contribution is 2.48. The van der Waals surface area contributed by atoms with E-state index in [0.29, 0.717) is 0 Å². The van der Waals surface area contributed by atoms with Crippen molar-refractivity contribution in [2.24, 2.45) is 17.8 Å². The van der Waals surface area contributed by atoms with Gasteiger partial charge in [0, 0.05) is 0 Å². The number of hydrogen-bond donors (Lipinski definition) is 0. The Hall–Kier alpha value is -1.56. The van der Waals surface area contributed by atoms with Crippen LogP contribution in [0, 0.1) is 17.8 Å². The van der Waals surface area contributed by atoms with Gasteiger partial charge >= 0.3 is 0 Å². The molecule has 32 heavy (non-hydrogen) atoms. The first-order valence-electron chi connectivity index (χ1n) is 14.0. The van der Waals surface area contributed by atoms with Crippen molar-refractivity contribution in [2.45, 2.75) is 110 Å². The second kappa shape index (κ2) is 12.1. The molecule has 4 atom stereocenters. The van der Waals surface area contributed by atoms with Crippen molar-refractivity contribution in [3.05, 3.63) is 59.7 Å². The van der Waals surface area contributed by atoms with Crippen LogP contribution in [0.15, 0.2) is 48.5 Å².